The Hall–Kier alpha value is -1.69. The minimum atomic E-state index is -0.995. The number of amides is 2. The number of carbonyl (C=O) groups excluding carboxylic acids is 1. The summed E-state index contributed by atoms with van der Waals surface area (Å²) in [5.74, 6) is -0.00256. The van der Waals surface area contributed by atoms with E-state index in [1.54, 1.807) is 42.8 Å². The first kappa shape index (κ1) is 17.4. The standard InChI is InChI=1S/C15H22N2O3S/c1-10-5-6-12(9-13(10)14(18)19)16-15(20)17(3)11(2)7-8-21-4/h5-6,9,11H,7-8H2,1-4H3,(H,16,20)(H,18,19). The number of nitrogens with one attached hydrogen (secondary N) is 1. The fraction of sp³-hybridized carbons (Fsp3) is 0.467. The zero-order valence-electron chi connectivity index (χ0n) is 12.8. The molecule has 1 atom stereocenters. The molecule has 2 N–H and O–H groups in total. The molecule has 0 aliphatic heterocycles. The van der Waals surface area contributed by atoms with Crippen molar-refractivity contribution < 1.29 is 14.7 Å². The summed E-state index contributed by atoms with van der Waals surface area (Å²) in [6.45, 7) is 3.72. The van der Waals surface area contributed by atoms with Crippen LogP contribution in [0.3, 0.4) is 0 Å². The summed E-state index contributed by atoms with van der Waals surface area (Å²) in [6.07, 6.45) is 2.95. The second kappa shape index (κ2) is 7.93. The predicted molar refractivity (Wildman–Crippen MR) is 87.4 cm³/mol. The Balaban J connectivity index is 2.74. The van der Waals surface area contributed by atoms with Crippen LogP contribution in [0.4, 0.5) is 10.5 Å². The number of aromatic carboxylic acids is 1. The van der Waals surface area contributed by atoms with Gasteiger partial charge in [-0.1, -0.05) is 6.07 Å². The third-order valence-electron chi connectivity index (χ3n) is 3.44. The smallest absolute Gasteiger partial charge is 0.336 e. The third-order valence-corrected chi connectivity index (χ3v) is 4.08. The van der Waals surface area contributed by atoms with Crippen LogP contribution < -0.4 is 5.32 Å². The maximum absolute atomic E-state index is 12.1. The largest absolute Gasteiger partial charge is 0.478 e. The molecule has 0 aliphatic carbocycles. The van der Waals surface area contributed by atoms with Crippen LogP contribution in [0.25, 0.3) is 0 Å². The van der Waals surface area contributed by atoms with Crippen molar-refractivity contribution in [3.63, 3.8) is 0 Å². The van der Waals surface area contributed by atoms with Crippen molar-refractivity contribution >= 4 is 29.4 Å². The monoisotopic (exact) mass is 310 g/mol. The number of hydrogen-bond acceptors (Lipinski definition) is 3. The second-order valence-corrected chi connectivity index (χ2v) is 5.99. The predicted octanol–water partition coefficient (Wildman–Crippen LogP) is 3.30. The van der Waals surface area contributed by atoms with Crippen molar-refractivity contribution in [1.29, 1.82) is 0 Å². The summed E-state index contributed by atoms with van der Waals surface area (Å²) in [6, 6.07) is 4.78. The van der Waals surface area contributed by atoms with Gasteiger partial charge in [-0.05, 0) is 50.0 Å². The molecule has 116 valence electrons. The molecule has 1 aromatic carbocycles. The highest BCUT2D eigenvalue weighted by Crippen LogP contribution is 2.16. The van der Waals surface area contributed by atoms with Crippen LogP contribution in [-0.2, 0) is 0 Å². The van der Waals surface area contributed by atoms with Crippen LogP contribution in [0, 0.1) is 6.92 Å². The first-order valence-corrected chi connectivity index (χ1v) is 8.13. The summed E-state index contributed by atoms with van der Waals surface area (Å²) in [7, 11) is 1.74. The molecule has 0 radical (unpaired) electrons. The van der Waals surface area contributed by atoms with Gasteiger partial charge in [0.25, 0.3) is 0 Å². The molecule has 0 bridgehead atoms. The molecule has 1 aromatic rings. The number of rotatable bonds is 6. The van der Waals surface area contributed by atoms with Crippen LogP contribution in [0.15, 0.2) is 18.2 Å². The van der Waals surface area contributed by atoms with E-state index < -0.39 is 5.97 Å². The van der Waals surface area contributed by atoms with E-state index in [1.807, 2.05) is 13.2 Å². The van der Waals surface area contributed by atoms with Crippen molar-refractivity contribution in [2.75, 3.05) is 24.4 Å². The Kier molecular flexibility index (Phi) is 6.55. The number of carboxylic acid groups (broad SMARTS) is 1. The number of nitrogens with zero attached hydrogens (tertiary/aromatic N) is 1. The molecule has 21 heavy (non-hydrogen) atoms. The highest BCUT2D eigenvalue weighted by atomic mass is 32.2. The summed E-state index contributed by atoms with van der Waals surface area (Å²) in [5, 5.41) is 11.8. The van der Waals surface area contributed by atoms with Gasteiger partial charge < -0.3 is 15.3 Å². The topological polar surface area (TPSA) is 69.6 Å². The quantitative estimate of drug-likeness (QED) is 0.846. The van der Waals surface area contributed by atoms with Gasteiger partial charge in [-0.3, -0.25) is 0 Å². The second-order valence-electron chi connectivity index (χ2n) is 5.01. The lowest BCUT2D eigenvalue weighted by Crippen LogP contribution is -2.38. The van der Waals surface area contributed by atoms with Crippen molar-refractivity contribution in [2.24, 2.45) is 0 Å². The SMILES string of the molecule is CSCCC(C)N(C)C(=O)Nc1ccc(C)c(C(=O)O)c1. The number of anilines is 1. The van der Waals surface area contributed by atoms with Crippen LogP contribution in [0.5, 0.6) is 0 Å². The maximum atomic E-state index is 12.1. The lowest BCUT2D eigenvalue weighted by atomic mass is 10.1. The molecule has 2 amide bonds. The van der Waals surface area contributed by atoms with E-state index >= 15 is 0 Å². The minimum absolute atomic E-state index is 0.127. The van der Waals surface area contributed by atoms with Gasteiger partial charge in [-0.25, -0.2) is 9.59 Å². The molecule has 1 unspecified atom stereocenters. The maximum Gasteiger partial charge on any atom is 0.336 e. The van der Waals surface area contributed by atoms with Gasteiger partial charge in [0.05, 0.1) is 5.56 Å². The van der Waals surface area contributed by atoms with Gasteiger partial charge in [-0.2, -0.15) is 11.8 Å². The highest BCUT2D eigenvalue weighted by Gasteiger charge is 2.16. The van der Waals surface area contributed by atoms with E-state index in [0.29, 0.717) is 11.3 Å². The van der Waals surface area contributed by atoms with Crippen molar-refractivity contribution in [3.8, 4) is 0 Å². The fourth-order valence-corrected chi connectivity index (χ4v) is 2.40. The van der Waals surface area contributed by atoms with Crippen molar-refractivity contribution in [2.45, 2.75) is 26.3 Å². The van der Waals surface area contributed by atoms with Crippen LogP contribution >= 0.6 is 11.8 Å². The number of urea groups is 1. The first-order valence-electron chi connectivity index (χ1n) is 6.73. The molecule has 0 aliphatic rings. The van der Waals surface area contributed by atoms with Crippen molar-refractivity contribution in [3.05, 3.63) is 29.3 Å². The van der Waals surface area contributed by atoms with E-state index in [-0.39, 0.29) is 17.6 Å². The fourth-order valence-electron chi connectivity index (χ4n) is 1.82. The molecule has 0 aromatic heterocycles. The Morgan fingerprint density at radius 2 is 2.10 bits per heavy atom. The molecular weight excluding hydrogens is 288 g/mol. The van der Waals surface area contributed by atoms with E-state index in [1.165, 1.54) is 6.07 Å². The Bertz CT molecular complexity index is 520. The summed E-state index contributed by atoms with van der Waals surface area (Å²) in [5.41, 5.74) is 1.36. The Morgan fingerprint density at radius 3 is 2.67 bits per heavy atom. The number of hydrogen-bond donors (Lipinski definition) is 2. The van der Waals surface area contributed by atoms with E-state index in [9.17, 15) is 9.59 Å². The van der Waals surface area contributed by atoms with Gasteiger partial charge in [0, 0.05) is 18.8 Å². The van der Waals surface area contributed by atoms with Crippen molar-refractivity contribution in [1.82, 2.24) is 4.90 Å². The molecule has 0 saturated carbocycles. The van der Waals surface area contributed by atoms with E-state index in [0.717, 1.165) is 12.2 Å². The number of carbonyl (C=O) groups is 2. The zero-order valence-corrected chi connectivity index (χ0v) is 13.7. The third kappa shape index (κ3) is 4.97. The van der Waals surface area contributed by atoms with Gasteiger partial charge in [0.1, 0.15) is 0 Å². The van der Waals surface area contributed by atoms with Gasteiger partial charge >= 0.3 is 12.0 Å². The van der Waals surface area contributed by atoms with Crippen LogP contribution in [0.1, 0.15) is 29.3 Å². The molecule has 6 heteroatoms. The van der Waals surface area contributed by atoms with E-state index in [4.69, 9.17) is 5.11 Å². The number of thioether (sulfide) groups is 1. The number of benzene rings is 1. The summed E-state index contributed by atoms with van der Waals surface area (Å²) >= 11 is 1.75. The average molecular weight is 310 g/mol. The van der Waals surface area contributed by atoms with Gasteiger partial charge in [-0.15, -0.1) is 0 Å². The lowest BCUT2D eigenvalue weighted by Gasteiger charge is -2.25. The Morgan fingerprint density at radius 1 is 1.43 bits per heavy atom. The minimum Gasteiger partial charge on any atom is -0.478 e. The molecule has 0 fully saturated rings. The highest BCUT2D eigenvalue weighted by molar-refractivity contribution is 7.98. The molecule has 1 rings (SSSR count). The zero-order chi connectivity index (χ0) is 16.0. The molecule has 0 spiro atoms. The molecule has 5 nitrogen and oxygen atoms in total. The normalized spacial score (nSPS) is 11.8. The number of aryl methyl sites for hydroxylation is 1. The number of carboxylic acids is 1. The average Bonchev–Trinajstić information content (AvgIpc) is 2.45. The van der Waals surface area contributed by atoms with Crippen LogP contribution in [0.2, 0.25) is 0 Å². The van der Waals surface area contributed by atoms with Gasteiger partial charge in [0.15, 0.2) is 0 Å². The Labute approximate surface area is 129 Å². The molecule has 0 saturated heterocycles. The lowest BCUT2D eigenvalue weighted by molar-refractivity contribution is 0.0696. The molecular formula is C15H22N2O3S. The molecule has 0 heterocycles. The summed E-state index contributed by atoms with van der Waals surface area (Å²) in [4.78, 5) is 24.9. The van der Waals surface area contributed by atoms with E-state index in [2.05, 4.69) is 5.32 Å². The first-order chi connectivity index (χ1) is 9.86. The summed E-state index contributed by atoms with van der Waals surface area (Å²) < 4.78 is 0. The van der Waals surface area contributed by atoms with Gasteiger partial charge in [0.2, 0.25) is 0 Å². The van der Waals surface area contributed by atoms with Crippen LogP contribution in [-0.4, -0.2) is 47.1 Å².